The molecule has 0 aromatic rings. The zero-order chi connectivity index (χ0) is 12.5. The molecule has 0 saturated heterocycles. The SMILES string of the molecule is CNC1CCCC(N(CC(F)(F)F)C2CC2)C1. The standard InChI is InChI=1S/C12H21F3N2/c1-16-9-3-2-4-11(7-9)17(10-5-6-10)8-12(13,14)15/h9-11,16H,2-8H2,1H3. The van der Waals surface area contributed by atoms with Crippen molar-refractivity contribution < 1.29 is 13.2 Å². The van der Waals surface area contributed by atoms with Crippen LogP contribution >= 0.6 is 0 Å². The van der Waals surface area contributed by atoms with E-state index in [2.05, 4.69) is 5.32 Å². The van der Waals surface area contributed by atoms with Crippen molar-refractivity contribution in [3.8, 4) is 0 Å². The first-order valence-electron chi connectivity index (χ1n) is 6.49. The van der Waals surface area contributed by atoms with Crippen LogP contribution in [0.4, 0.5) is 13.2 Å². The molecule has 0 bridgehead atoms. The molecule has 0 aliphatic heterocycles. The Morgan fingerprint density at radius 1 is 1.12 bits per heavy atom. The summed E-state index contributed by atoms with van der Waals surface area (Å²) in [7, 11) is 1.90. The van der Waals surface area contributed by atoms with Gasteiger partial charge in [0.1, 0.15) is 0 Å². The van der Waals surface area contributed by atoms with Crippen molar-refractivity contribution in [3.05, 3.63) is 0 Å². The van der Waals surface area contributed by atoms with Gasteiger partial charge in [0.15, 0.2) is 0 Å². The second-order valence-corrected chi connectivity index (χ2v) is 5.32. The van der Waals surface area contributed by atoms with Gasteiger partial charge in [0.2, 0.25) is 0 Å². The number of alkyl halides is 3. The van der Waals surface area contributed by atoms with Crippen molar-refractivity contribution in [1.82, 2.24) is 10.2 Å². The molecule has 0 aromatic carbocycles. The topological polar surface area (TPSA) is 15.3 Å². The van der Waals surface area contributed by atoms with E-state index in [1.165, 1.54) is 0 Å². The van der Waals surface area contributed by atoms with Crippen LogP contribution in [0.25, 0.3) is 0 Å². The van der Waals surface area contributed by atoms with E-state index in [0.717, 1.165) is 38.5 Å². The number of nitrogens with zero attached hydrogens (tertiary/aromatic N) is 1. The highest BCUT2D eigenvalue weighted by Gasteiger charge is 2.42. The van der Waals surface area contributed by atoms with E-state index in [-0.39, 0.29) is 12.1 Å². The second-order valence-electron chi connectivity index (χ2n) is 5.32. The second kappa shape index (κ2) is 5.14. The molecule has 17 heavy (non-hydrogen) atoms. The van der Waals surface area contributed by atoms with Gasteiger partial charge in [-0.15, -0.1) is 0 Å². The third-order valence-electron chi connectivity index (χ3n) is 3.90. The van der Waals surface area contributed by atoms with E-state index >= 15 is 0 Å². The van der Waals surface area contributed by atoms with Gasteiger partial charge < -0.3 is 5.32 Å². The predicted molar refractivity (Wildman–Crippen MR) is 60.9 cm³/mol. The Labute approximate surface area is 101 Å². The molecule has 2 unspecified atom stereocenters. The molecular formula is C12H21F3N2. The van der Waals surface area contributed by atoms with Crippen LogP contribution in [0.15, 0.2) is 0 Å². The zero-order valence-electron chi connectivity index (χ0n) is 10.3. The fourth-order valence-corrected chi connectivity index (χ4v) is 2.90. The third kappa shape index (κ3) is 3.85. The average Bonchev–Trinajstić information content (AvgIpc) is 3.09. The summed E-state index contributed by atoms with van der Waals surface area (Å²) >= 11 is 0. The fraction of sp³-hybridized carbons (Fsp3) is 1.00. The largest absolute Gasteiger partial charge is 0.401 e. The molecule has 0 amide bonds. The lowest BCUT2D eigenvalue weighted by molar-refractivity contribution is -0.154. The zero-order valence-corrected chi connectivity index (χ0v) is 10.3. The number of halogens is 3. The lowest BCUT2D eigenvalue weighted by Gasteiger charge is -2.38. The van der Waals surface area contributed by atoms with Crippen molar-refractivity contribution in [2.24, 2.45) is 0 Å². The highest BCUT2D eigenvalue weighted by Crippen LogP contribution is 2.35. The average molecular weight is 250 g/mol. The van der Waals surface area contributed by atoms with Crippen LogP contribution in [0, 0.1) is 0 Å². The van der Waals surface area contributed by atoms with Crippen molar-refractivity contribution >= 4 is 0 Å². The van der Waals surface area contributed by atoms with Gasteiger partial charge in [0.05, 0.1) is 6.54 Å². The van der Waals surface area contributed by atoms with Gasteiger partial charge in [-0.1, -0.05) is 6.42 Å². The predicted octanol–water partition coefficient (Wildman–Crippen LogP) is 2.54. The van der Waals surface area contributed by atoms with E-state index in [1.807, 2.05) is 7.05 Å². The molecule has 2 nitrogen and oxygen atoms in total. The third-order valence-corrected chi connectivity index (χ3v) is 3.90. The lowest BCUT2D eigenvalue weighted by atomic mass is 9.90. The first-order valence-corrected chi connectivity index (χ1v) is 6.49. The Kier molecular flexibility index (Phi) is 3.98. The van der Waals surface area contributed by atoms with E-state index in [9.17, 15) is 13.2 Å². The first kappa shape index (κ1) is 13.1. The summed E-state index contributed by atoms with van der Waals surface area (Å²) in [6.07, 6.45) is 1.74. The quantitative estimate of drug-likeness (QED) is 0.825. The van der Waals surface area contributed by atoms with E-state index in [0.29, 0.717) is 6.04 Å². The molecule has 2 aliphatic rings. The Bertz CT molecular complexity index is 251. The molecule has 2 aliphatic carbocycles. The minimum Gasteiger partial charge on any atom is -0.317 e. The minimum absolute atomic E-state index is 0.121. The van der Waals surface area contributed by atoms with Crippen molar-refractivity contribution in [2.75, 3.05) is 13.6 Å². The molecule has 0 radical (unpaired) electrons. The molecule has 2 saturated carbocycles. The summed E-state index contributed by atoms with van der Waals surface area (Å²) in [5, 5.41) is 3.20. The normalized spacial score (nSPS) is 30.9. The van der Waals surface area contributed by atoms with E-state index in [4.69, 9.17) is 0 Å². The molecule has 0 heterocycles. The molecule has 2 rings (SSSR count). The van der Waals surface area contributed by atoms with Crippen LogP contribution < -0.4 is 5.32 Å². The van der Waals surface area contributed by atoms with Crippen LogP contribution in [0.2, 0.25) is 0 Å². The maximum Gasteiger partial charge on any atom is 0.401 e. The van der Waals surface area contributed by atoms with Crippen molar-refractivity contribution in [3.63, 3.8) is 0 Å². The molecule has 0 aromatic heterocycles. The molecule has 1 N–H and O–H groups in total. The monoisotopic (exact) mass is 250 g/mol. The summed E-state index contributed by atoms with van der Waals surface area (Å²) in [6.45, 7) is -0.723. The number of hydrogen-bond acceptors (Lipinski definition) is 2. The van der Waals surface area contributed by atoms with Gasteiger partial charge in [-0.3, -0.25) is 4.90 Å². The highest BCUT2D eigenvalue weighted by molar-refractivity contribution is 4.93. The van der Waals surface area contributed by atoms with Crippen LogP contribution in [-0.2, 0) is 0 Å². The number of nitrogens with one attached hydrogen (secondary N) is 1. The summed E-state index contributed by atoms with van der Waals surface area (Å²) in [5.74, 6) is 0. The Morgan fingerprint density at radius 3 is 2.35 bits per heavy atom. The van der Waals surface area contributed by atoms with Crippen molar-refractivity contribution in [2.45, 2.75) is 62.8 Å². The van der Waals surface area contributed by atoms with Gasteiger partial charge >= 0.3 is 6.18 Å². The van der Waals surface area contributed by atoms with Gasteiger partial charge in [-0.25, -0.2) is 0 Å². The number of rotatable bonds is 4. The first-order chi connectivity index (χ1) is 7.99. The summed E-state index contributed by atoms with van der Waals surface area (Å²) in [5.41, 5.74) is 0. The van der Waals surface area contributed by atoms with E-state index < -0.39 is 12.7 Å². The summed E-state index contributed by atoms with van der Waals surface area (Å²) in [6, 6.07) is 0.704. The maximum absolute atomic E-state index is 12.6. The lowest BCUT2D eigenvalue weighted by Crippen LogP contribution is -2.48. The Balaban J connectivity index is 1.95. The Hall–Kier alpha value is -0.290. The highest BCUT2D eigenvalue weighted by atomic mass is 19.4. The van der Waals surface area contributed by atoms with Gasteiger partial charge in [-0.05, 0) is 39.2 Å². The van der Waals surface area contributed by atoms with Crippen molar-refractivity contribution in [1.29, 1.82) is 0 Å². The summed E-state index contributed by atoms with van der Waals surface area (Å²) < 4.78 is 37.7. The van der Waals surface area contributed by atoms with Gasteiger partial charge in [0.25, 0.3) is 0 Å². The van der Waals surface area contributed by atoms with Crippen LogP contribution in [0.3, 0.4) is 0 Å². The Morgan fingerprint density at radius 2 is 1.82 bits per heavy atom. The van der Waals surface area contributed by atoms with Gasteiger partial charge in [-0.2, -0.15) is 13.2 Å². The van der Waals surface area contributed by atoms with Crippen LogP contribution in [0.1, 0.15) is 38.5 Å². The van der Waals surface area contributed by atoms with E-state index in [1.54, 1.807) is 4.90 Å². The van der Waals surface area contributed by atoms with Gasteiger partial charge in [0, 0.05) is 18.1 Å². The number of hydrogen-bond donors (Lipinski definition) is 1. The summed E-state index contributed by atoms with van der Waals surface area (Å²) in [4.78, 5) is 1.71. The minimum atomic E-state index is -4.06. The molecule has 2 atom stereocenters. The molecule has 2 fully saturated rings. The van der Waals surface area contributed by atoms with Crippen LogP contribution in [0.5, 0.6) is 0 Å². The fourth-order valence-electron chi connectivity index (χ4n) is 2.90. The maximum atomic E-state index is 12.6. The molecule has 100 valence electrons. The smallest absolute Gasteiger partial charge is 0.317 e. The molecular weight excluding hydrogens is 229 g/mol. The molecule has 0 spiro atoms. The molecule has 5 heteroatoms. The van der Waals surface area contributed by atoms with Crippen LogP contribution in [-0.4, -0.2) is 42.8 Å².